The molecule has 1 aromatic rings. The molecule has 2 rings (SSSR count). The third-order valence-electron chi connectivity index (χ3n) is 3.13. The number of unbranched alkanes of at least 4 members (excludes halogenated alkanes) is 3. The van der Waals surface area contributed by atoms with Crippen molar-refractivity contribution in [3.8, 4) is 6.07 Å². The Morgan fingerprint density at radius 3 is 2.75 bits per heavy atom. The van der Waals surface area contributed by atoms with Crippen molar-refractivity contribution in [3.63, 3.8) is 0 Å². The maximum Gasteiger partial charge on any atom is 0.318 e. The van der Waals surface area contributed by atoms with E-state index < -0.39 is 12.1 Å². The number of nitrogens with zero attached hydrogens (tertiary/aromatic N) is 1. The average molecular weight is 275 g/mol. The van der Waals surface area contributed by atoms with E-state index in [-0.39, 0.29) is 0 Å². The third kappa shape index (κ3) is 3.42. The molecule has 1 aliphatic rings. The molecule has 20 heavy (non-hydrogen) atoms. The van der Waals surface area contributed by atoms with E-state index in [9.17, 15) is 10.1 Å². The van der Waals surface area contributed by atoms with Crippen molar-refractivity contribution in [2.24, 2.45) is 0 Å². The first-order valence-corrected chi connectivity index (χ1v) is 6.73. The summed E-state index contributed by atoms with van der Waals surface area (Å²) in [7, 11) is 0. The number of carbonyl (C=O) groups excluding carboxylic acids is 1. The molecule has 0 aromatic heterocycles. The maximum absolute atomic E-state index is 10.2. The molecule has 0 radical (unpaired) electrons. The van der Waals surface area contributed by atoms with Crippen molar-refractivity contribution in [2.75, 3.05) is 0 Å². The molecular formula is C15H17NO4. The van der Waals surface area contributed by atoms with Crippen LogP contribution in [0.2, 0.25) is 0 Å². The summed E-state index contributed by atoms with van der Waals surface area (Å²) in [5.41, 5.74) is 0.617. The minimum absolute atomic E-state index is 0.550. The van der Waals surface area contributed by atoms with Gasteiger partial charge in [0.15, 0.2) is 6.29 Å². The van der Waals surface area contributed by atoms with Crippen molar-refractivity contribution in [1.29, 1.82) is 5.26 Å². The molecule has 5 nitrogen and oxygen atoms in total. The van der Waals surface area contributed by atoms with Gasteiger partial charge in [-0.25, -0.2) is 0 Å². The fourth-order valence-corrected chi connectivity index (χ4v) is 2.05. The Hall–Kier alpha value is -1.74. The van der Waals surface area contributed by atoms with E-state index in [4.69, 9.17) is 14.5 Å². The average Bonchev–Trinajstić information content (AvgIpc) is 2.93. The molecule has 2 atom stereocenters. The zero-order valence-electron chi connectivity index (χ0n) is 11.2. The van der Waals surface area contributed by atoms with Gasteiger partial charge in [-0.1, -0.05) is 36.8 Å². The van der Waals surface area contributed by atoms with Crippen LogP contribution in [0.1, 0.15) is 37.7 Å². The van der Waals surface area contributed by atoms with Crippen LogP contribution in [0.25, 0.3) is 0 Å². The normalized spacial score (nSPS) is 25.2. The van der Waals surface area contributed by atoms with Gasteiger partial charge in [-0.15, -0.1) is 0 Å². The van der Waals surface area contributed by atoms with Gasteiger partial charge in [-0.05, 0) is 12.8 Å². The van der Waals surface area contributed by atoms with Gasteiger partial charge in [0, 0.05) is 18.4 Å². The van der Waals surface area contributed by atoms with Crippen LogP contribution in [0.15, 0.2) is 30.3 Å². The summed E-state index contributed by atoms with van der Waals surface area (Å²) in [4.78, 5) is 20.4. The Morgan fingerprint density at radius 2 is 2.05 bits per heavy atom. The van der Waals surface area contributed by atoms with E-state index in [2.05, 4.69) is 0 Å². The number of hydrogen-bond acceptors (Lipinski definition) is 5. The lowest BCUT2D eigenvalue weighted by Crippen LogP contribution is -2.25. The van der Waals surface area contributed by atoms with Crippen LogP contribution in [-0.2, 0) is 25.1 Å². The lowest BCUT2D eigenvalue weighted by Gasteiger charge is -2.16. The summed E-state index contributed by atoms with van der Waals surface area (Å²) >= 11 is 0. The van der Waals surface area contributed by atoms with Crippen molar-refractivity contribution in [2.45, 2.75) is 44.2 Å². The minimum atomic E-state index is -1.48. The standard InChI is InChI=1S/C15H17NO4/c16-12-15(13-8-4-3-5-9-13)18-14(19-20-15)10-6-1-2-7-11-17/h3-5,8-9,11,14H,1-2,6-7,10H2. The molecule has 1 heterocycles. The van der Waals surface area contributed by atoms with Gasteiger partial charge < -0.3 is 4.79 Å². The molecule has 1 aromatic carbocycles. The molecule has 2 unspecified atom stereocenters. The van der Waals surface area contributed by atoms with Crippen molar-refractivity contribution in [1.82, 2.24) is 0 Å². The van der Waals surface area contributed by atoms with Gasteiger partial charge in [0.1, 0.15) is 12.4 Å². The fraction of sp³-hybridized carbons (Fsp3) is 0.467. The molecular weight excluding hydrogens is 258 g/mol. The number of ether oxygens (including phenoxy) is 1. The molecule has 106 valence electrons. The summed E-state index contributed by atoms with van der Waals surface area (Å²) < 4.78 is 5.62. The number of nitriles is 1. The number of aldehydes is 1. The summed E-state index contributed by atoms with van der Waals surface area (Å²) in [5, 5.41) is 9.31. The lowest BCUT2D eigenvalue weighted by atomic mass is 10.1. The van der Waals surface area contributed by atoms with E-state index >= 15 is 0 Å². The molecule has 0 bridgehead atoms. The van der Waals surface area contributed by atoms with Gasteiger partial charge in [0.2, 0.25) is 0 Å². The highest BCUT2D eigenvalue weighted by Crippen LogP contribution is 2.35. The van der Waals surface area contributed by atoms with Crippen LogP contribution in [0.3, 0.4) is 0 Å². The second-order valence-electron chi connectivity index (χ2n) is 4.63. The van der Waals surface area contributed by atoms with Crippen molar-refractivity contribution in [3.05, 3.63) is 35.9 Å². The van der Waals surface area contributed by atoms with E-state index in [0.29, 0.717) is 18.4 Å². The Kier molecular flexibility index (Phi) is 5.24. The van der Waals surface area contributed by atoms with E-state index in [0.717, 1.165) is 25.5 Å². The predicted molar refractivity (Wildman–Crippen MR) is 69.9 cm³/mol. The third-order valence-corrected chi connectivity index (χ3v) is 3.13. The van der Waals surface area contributed by atoms with Gasteiger partial charge in [0.25, 0.3) is 0 Å². The highest BCUT2D eigenvalue weighted by atomic mass is 17.3. The Morgan fingerprint density at radius 1 is 1.25 bits per heavy atom. The molecule has 0 saturated carbocycles. The Balaban J connectivity index is 1.87. The van der Waals surface area contributed by atoms with Crippen molar-refractivity contribution >= 4 is 6.29 Å². The monoisotopic (exact) mass is 275 g/mol. The highest BCUT2D eigenvalue weighted by Gasteiger charge is 2.45. The van der Waals surface area contributed by atoms with Crippen LogP contribution in [-0.4, -0.2) is 12.6 Å². The van der Waals surface area contributed by atoms with Gasteiger partial charge >= 0.3 is 5.79 Å². The number of benzene rings is 1. The SMILES string of the molecule is N#CC1(c2ccccc2)OOC(CCCCCC=O)O1. The summed E-state index contributed by atoms with van der Waals surface area (Å²) in [6.07, 6.45) is 4.22. The topological polar surface area (TPSA) is 68.5 Å². The fourth-order valence-electron chi connectivity index (χ4n) is 2.05. The zero-order valence-corrected chi connectivity index (χ0v) is 11.2. The van der Waals surface area contributed by atoms with E-state index in [1.807, 2.05) is 24.3 Å². The van der Waals surface area contributed by atoms with Gasteiger partial charge in [-0.3, -0.25) is 4.74 Å². The van der Waals surface area contributed by atoms with Crippen molar-refractivity contribution < 1.29 is 19.3 Å². The maximum atomic E-state index is 10.2. The number of carbonyl (C=O) groups is 1. The Labute approximate surface area is 118 Å². The first kappa shape index (κ1) is 14.7. The first-order valence-electron chi connectivity index (χ1n) is 6.73. The molecule has 1 aliphatic heterocycles. The molecule has 0 N–H and O–H groups in total. The van der Waals surface area contributed by atoms with Crippen LogP contribution in [0.5, 0.6) is 0 Å². The number of rotatable bonds is 7. The Bertz CT molecular complexity index is 471. The lowest BCUT2D eigenvalue weighted by molar-refractivity contribution is -0.319. The van der Waals surface area contributed by atoms with Crippen LogP contribution in [0, 0.1) is 11.3 Å². The van der Waals surface area contributed by atoms with Crippen LogP contribution >= 0.6 is 0 Å². The van der Waals surface area contributed by atoms with E-state index in [1.165, 1.54) is 0 Å². The molecule has 1 saturated heterocycles. The van der Waals surface area contributed by atoms with Crippen LogP contribution < -0.4 is 0 Å². The summed E-state index contributed by atoms with van der Waals surface area (Å²) in [6, 6.07) is 11.0. The summed E-state index contributed by atoms with van der Waals surface area (Å²) in [6.45, 7) is 0. The predicted octanol–water partition coefficient (Wildman–Crippen LogP) is 2.82. The quantitative estimate of drug-likeness (QED) is 0.435. The molecule has 1 fully saturated rings. The van der Waals surface area contributed by atoms with E-state index in [1.54, 1.807) is 12.1 Å². The van der Waals surface area contributed by atoms with Gasteiger partial charge in [-0.2, -0.15) is 15.0 Å². The second-order valence-corrected chi connectivity index (χ2v) is 4.63. The number of hydrogen-bond donors (Lipinski definition) is 0. The first-order chi connectivity index (χ1) is 9.80. The smallest absolute Gasteiger partial charge is 0.303 e. The summed E-state index contributed by atoms with van der Waals surface area (Å²) in [5.74, 6) is -1.48. The molecule has 0 spiro atoms. The van der Waals surface area contributed by atoms with Crippen LogP contribution in [0.4, 0.5) is 0 Å². The zero-order chi connectivity index (χ0) is 14.3. The largest absolute Gasteiger partial charge is 0.318 e. The second kappa shape index (κ2) is 7.15. The molecule has 0 amide bonds. The van der Waals surface area contributed by atoms with Gasteiger partial charge in [0.05, 0.1) is 0 Å². The molecule has 5 heteroatoms. The minimum Gasteiger partial charge on any atom is -0.303 e. The highest BCUT2D eigenvalue weighted by molar-refractivity contribution is 5.48. The molecule has 0 aliphatic carbocycles.